The van der Waals surface area contributed by atoms with Gasteiger partial charge in [-0.1, -0.05) is 65.9 Å². The summed E-state index contributed by atoms with van der Waals surface area (Å²) in [6.07, 6.45) is 6.50. The first-order chi connectivity index (χ1) is 13.6. The highest BCUT2D eigenvalue weighted by atomic mass is 35.5. The number of amides is 1. The molecule has 0 unspecified atom stereocenters. The number of nitrogens with one attached hydrogen (secondary N) is 1. The van der Waals surface area contributed by atoms with Crippen molar-refractivity contribution >= 4 is 55.8 Å². The van der Waals surface area contributed by atoms with Crippen LogP contribution in [0.5, 0.6) is 5.75 Å². The predicted octanol–water partition coefficient (Wildman–Crippen LogP) is 6.67. The smallest absolute Gasteiger partial charge is 0.264 e. The Morgan fingerprint density at radius 1 is 1.11 bits per heavy atom. The molecule has 0 saturated heterocycles. The van der Waals surface area contributed by atoms with Gasteiger partial charge in [-0.05, 0) is 48.6 Å². The summed E-state index contributed by atoms with van der Waals surface area (Å²) in [6.45, 7) is -0.0762. The van der Waals surface area contributed by atoms with Gasteiger partial charge in [0.15, 0.2) is 11.7 Å². The minimum atomic E-state index is -0.266. The molecule has 1 amide bonds. The molecule has 4 nitrogen and oxygen atoms in total. The van der Waals surface area contributed by atoms with Gasteiger partial charge in [0.1, 0.15) is 11.3 Å². The van der Waals surface area contributed by atoms with Crippen LogP contribution < -0.4 is 10.1 Å². The molecule has 0 radical (unpaired) electrons. The first-order valence-corrected chi connectivity index (χ1v) is 10.9. The second-order valence-electron chi connectivity index (χ2n) is 6.97. The fourth-order valence-electron chi connectivity index (χ4n) is 3.57. The second kappa shape index (κ2) is 8.68. The maximum Gasteiger partial charge on any atom is 0.264 e. The highest BCUT2D eigenvalue weighted by molar-refractivity contribution is 7.22. The van der Waals surface area contributed by atoms with Gasteiger partial charge in [-0.2, -0.15) is 0 Å². The Labute approximate surface area is 177 Å². The van der Waals surface area contributed by atoms with Crippen molar-refractivity contribution in [1.29, 1.82) is 0 Å². The number of rotatable bonds is 5. The number of thiazole rings is 1. The van der Waals surface area contributed by atoms with Crippen LogP contribution in [0.3, 0.4) is 0 Å². The number of nitrogens with zero attached hydrogens (tertiary/aromatic N) is 1. The van der Waals surface area contributed by atoms with Crippen molar-refractivity contribution in [3.63, 3.8) is 0 Å². The van der Waals surface area contributed by atoms with E-state index in [1.807, 2.05) is 18.2 Å². The van der Waals surface area contributed by atoms with Crippen LogP contribution in [-0.2, 0) is 4.79 Å². The van der Waals surface area contributed by atoms with Crippen LogP contribution in [0.1, 0.15) is 43.6 Å². The number of anilines is 1. The number of hydrogen-bond donors (Lipinski definition) is 1. The zero-order valence-corrected chi connectivity index (χ0v) is 17.5. The molecule has 1 aromatic heterocycles. The maximum absolute atomic E-state index is 12.2. The van der Waals surface area contributed by atoms with Crippen LogP contribution in [0.2, 0.25) is 10.0 Å². The Balaban J connectivity index is 1.33. The molecular formula is C21H20Cl2N2O2S. The van der Waals surface area contributed by atoms with Gasteiger partial charge in [0.2, 0.25) is 0 Å². The Hall–Kier alpha value is -1.82. The molecule has 1 aliphatic rings. The average molecular weight is 435 g/mol. The Kier molecular flexibility index (Phi) is 6.04. The van der Waals surface area contributed by atoms with E-state index in [1.54, 1.807) is 6.07 Å². The molecule has 2 aromatic carbocycles. The van der Waals surface area contributed by atoms with Gasteiger partial charge in [-0.15, -0.1) is 0 Å². The molecule has 146 valence electrons. The number of carbonyl (C=O) groups is 1. The van der Waals surface area contributed by atoms with Gasteiger partial charge in [0, 0.05) is 0 Å². The van der Waals surface area contributed by atoms with Crippen molar-refractivity contribution in [3.05, 3.63) is 52.0 Å². The molecule has 1 N–H and O–H groups in total. The fraction of sp³-hybridized carbons (Fsp3) is 0.333. The summed E-state index contributed by atoms with van der Waals surface area (Å²) < 4.78 is 6.48. The van der Waals surface area contributed by atoms with E-state index in [0.29, 0.717) is 32.4 Å². The third-order valence-electron chi connectivity index (χ3n) is 5.02. The maximum atomic E-state index is 12.2. The van der Waals surface area contributed by atoms with Gasteiger partial charge in [0.05, 0.1) is 14.7 Å². The third kappa shape index (κ3) is 4.43. The average Bonchev–Trinajstić information content (AvgIpc) is 3.13. The largest absolute Gasteiger partial charge is 0.484 e. The lowest BCUT2D eigenvalue weighted by Crippen LogP contribution is -2.20. The van der Waals surface area contributed by atoms with Crippen molar-refractivity contribution in [2.24, 2.45) is 0 Å². The molecule has 1 aliphatic carbocycles. The summed E-state index contributed by atoms with van der Waals surface area (Å²) in [7, 11) is 0. The van der Waals surface area contributed by atoms with E-state index in [9.17, 15) is 4.79 Å². The SMILES string of the molecule is O=C(COc1ccc(C2CCCCC2)cc1)Nc1nc2c(Cl)c(Cl)ccc2s1. The molecule has 1 fully saturated rings. The van der Waals surface area contributed by atoms with Gasteiger partial charge in [-0.25, -0.2) is 4.98 Å². The summed E-state index contributed by atoms with van der Waals surface area (Å²) in [5.74, 6) is 1.08. The molecule has 1 heterocycles. The molecule has 28 heavy (non-hydrogen) atoms. The summed E-state index contributed by atoms with van der Waals surface area (Å²) in [5.41, 5.74) is 1.95. The monoisotopic (exact) mass is 434 g/mol. The van der Waals surface area contributed by atoms with E-state index in [-0.39, 0.29) is 12.5 Å². The van der Waals surface area contributed by atoms with Gasteiger partial charge < -0.3 is 4.74 Å². The third-order valence-corrected chi connectivity index (χ3v) is 6.76. The number of aromatic nitrogens is 1. The van der Waals surface area contributed by atoms with E-state index >= 15 is 0 Å². The van der Waals surface area contributed by atoms with Crippen LogP contribution >= 0.6 is 34.5 Å². The van der Waals surface area contributed by atoms with Crippen molar-refractivity contribution in [2.75, 3.05) is 11.9 Å². The highest BCUT2D eigenvalue weighted by Crippen LogP contribution is 2.35. The first kappa shape index (κ1) is 19.5. The van der Waals surface area contributed by atoms with Crippen LogP contribution in [0.25, 0.3) is 10.2 Å². The molecule has 0 aliphatic heterocycles. The number of fused-ring (bicyclic) bond motifs is 1. The summed E-state index contributed by atoms with van der Waals surface area (Å²) >= 11 is 13.5. The zero-order valence-electron chi connectivity index (χ0n) is 15.2. The lowest BCUT2D eigenvalue weighted by Gasteiger charge is -2.22. The molecule has 7 heteroatoms. The highest BCUT2D eigenvalue weighted by Gasteiger charge is 2.16. The fourth-order valence-corrected chi connectivity index (χ4v) is 4.87. The van der Waals surface area contributed by atoms with Gasteiger partial charge in [-0.3, -0.25) is 10.1 Å². The number of carbonyl (C=O) groups excluding carboxylic acids is 1. The van der Waals surface area contributed by atoms with Crippen molar-refractivity contribution < 1.29 is 9.53 Å². The van der Waals surface area contributed by atoms with E-state index in [0.717, 1.165) is 4.70 Å². The number of ether oxygens (including phenoxy) is 1. The predicted molar refractivity (Wildman–Crippen MR) is 116 cm³/mol. The molecule has 0 spiro atoms. The Morgan fingerprint density at radius 2 is 1.86 bits per heavy atom. The molecule has 0 atom stereocenters. The molecule has 1 saturated carbocycles. The topological polar surface area (TPSA) is 51.2 Å². The summed E-state index contributed by atoms with van der Waals surface area (Å²) in [6, 6.07) is 11.7. The lowest BCUT2D eigenvalue weighted by molar-refractivity contribution is -0.118. The van der Waals surface area contributed by atoms with Crippen molar-refractivity contribution in [1.82, 2.24) is 4.98 Å². The van der Waals surface area contributed by atoms with Crippen LogP contribution in [0.15, 0.2) is 36.4 Å². The van der Waals surface area contributed by atoms with E-state index < -0.39 is 0 Å². The van der Waals surface area contributed by atoms with Crippen LogP contribution in [0, 0.1) is 0 Å². The molecular weight excluding hydrogens is 415 g/mol. The van der Waals surface area contributed by atoms with Crippen molar-refractivity contribution in [3.8, 4) is 5.75 Å². The molecule has 3 aromatic rings. The first-order valence-electron chi connectivity index (χ1n) is 9.37. The Bertz CT molecular complexity index is 982. The van der Waals surface area contributed by atoms with Crippen LogP contribution in [-0.4, -0.2) is 17.5 Å². The number of hydrogen-bond acceptors (Lipinski definition) is 4. The second-order valence-corrected chi connectivity index (χ2v) is 8.78. The van der Waals surface area contributed by atoms with E-state index in [2.05, 4.69) is 22.4 Å². The number of benzene rings is 2. The molecule has 4 rings (SSSR count). The summed E-state index contributed by atoms with van der Waals surface area (Å²) in [4.78, 5) is 16.5. The normalized spacial score (nSPS) is 14.9. The number of halogens is 2. The lowest BCUT2D eigenvalue weighted by atomic mass is 9.84. The Morgan fingerprint density at radius 3 is 2.61 bits per heavy atom. The van der Waals surface area contributed by atoms with Gasteiger partial charge in [0.25, 0.3) is 5.91 Å². The van der Waals surface area contributed by atoms with E-state index in [1.165, 1.54) is 49.0 Å². The van der Waals surface area contributed by atoms with Crippen molar-refractivity contribution in [2.45, 2.75) is 38.0 Å². The minimum absolute atomic E-state index is 0.0762. The van der Waals surface area contributed by atoms with E-state index in [4.69, 9.17) is 27.9 Å². The van der Waals surface area contributed by atoms with Crippen LogP contribution in [0.4, 0.5) is 5.13 Å². The zero-order chi connectivity index (χ0) is 19.5. The minimum Gasteiger partial charge on any atom is -0.484 e. The standard InChI is InChI=1S/C21H20Cl2N2O2S/c22-16-10-11-17-20(19(16)23)25-21(28-17)24-18(26)12-27-15-8-6-14(7-9-15)13-4-2-1-3-5-13/h6-11,13H,1-5,12H2,(H,24,25,26). The quantitative estimate of drug-likeness (QED) is 0.487. The molecule has 0 bridgehead atoms. The summed E-state index contributed by atoms with van der Waals surface area (Å²) in [5, 5.41) is 4.06. The van der Waals surface area contributed by atoms with Gasteiger partial charge >= 0.3 is 0 Å².